The van der Waals surface area contributed by atoms with E-state index in [0.717, 1.165) is 13.0 Å². The van der Waals surface area contributed by atoms with E-state index in [1.807, 2.05) is 11.3 Å². The van der Waals surface area contributed by atoms with E-state index in [2.05, 4.69) is 200 Å². The molecular formula is C53H37BN2S. The predicted molar refractivity (Wildman–Crippen MR) is 246 cm³/mol. The van der Waals surface area contributed by atoms with E-state index < -0.39 is 0 Å². The van der Waals surface area contributed by atoms with Crippen molar-refractivity contribution in [3.8, 4) is 44.5 Å². The van der Waals surface area contributed by atoms with Gasteiger partial charge in [0, 0.05) is 43.5 Å². The fourth-order valence-corrected chi connectivity index (χ4v) is 11.2. The number of aromatic nitrogens is 1. The first-order valence-electron chi connectivity index (χ1n) is 19.9. The predicted octanol–water partition coefficient (Wildman–Crippen LogP) is 13.0. The number of benzene rings is 8. The highest BCUT2D eigenvalue weighted by molar-refractivity contribution is 7.26. The Bertz CT molecular complexity index is 3230. The van der Waals surface area contributed by atoms with Crippen LogP contribution >= 0.6 is 11.3 Å². The molecule has 0 saturated carbocycles. The second-order valence-corrected chi connectivity index (χ2v) is 17.2. The second kappa shape index (κ2) is 12.2. The van der Waals surface area contributed by atoms with Crippen LogP contribution in [-0.2, 0) is 5.41 Å². The molecular weight excluding hydrogens is 707 g/mol. The highest BCUT2D eigenvalue weighted by Gasteiger charge is 2.41. The number of hydrogen-bond donors (Lipinski definition) is 1. The molecule has 3 heterocycles. The van der Waals surface area contributed by atoms with Gasteiger partial charge in [0.05, 0.1) is 15.7 Å². The number of rotatable bonds is 4. The van der Waals surface area contributed by atoms with Crippen molar-refractivity contribution in [2.24, 2.45) is 0 Å². The number of anilines is 3. The van der Waals surface area contributed by atoms with E-state index in [1.54, 1.807) is 0 Å². The number of para-hydroxylation sites is 1. The van der Waals surface area contributed by atoms with Crippen LogP contribution in [0.15, 0.2) is 176 Å². The van der Waals surface area contributed by atoms with Gasteiger partial charge in [-0.25, -0.2) is 0 Å². The highest BCUT2D eigenvalue weighted by Crippen LogP contribution is 2.55. The van der Waals surface area contributed by atoms with Gasteiger partial charge in [-0.1, -0.05) is 165 Å². The van der Waals surface area contributed by atoms with Crippen LogP contribution < -0.4 is 15.8 Å². The van der Waals surface area contributed by atoms with Gasteiger partial charge in [0.15, 0.2) is 7.28 Å². The van der Waals surface area contributed by atoms with Gasteiger partial charge in [-0.15, -0.1) is 11.3 Å². The van der Waals surface area contributed by atoms with E-state index in [4.69, 9.17) is 0 Å². The monoisotopic (exact) mass is 744 g/mol. The number of nitrogens with zero attached hydrogens (tertiary/aromatic N) is 1. The lowest BCUT2D eigenvalue weighted by atomic mass is 9.56. The second-order valence-electron chi connectivity index (χ2n) is 16.1. The van der Waals surface area contributed by atoms with Crippen molar-refractivity contribution in [3.05, 3.63) is 187 Å². The van der Waals surface area contributed by atoms with Crippen LogP contribution in [-0.4, -0.2) is 12.3 Å². The lowest BCUT2D eigenvalue weighted by Gasteiger charge is -2.37. The molecule has 0 atom stereocenters. The van der Waals surface area contributed by atoms with E-state index in [-0.39, 0.29) is 5.41 Å². The molecule has 2 nitrogen and oxygen atoms in total. The largest absolute Gasteiger partial charge is 0.353 e. The van der Waals surface area contributed by atoms with Crippen molar-refractivity contribution < 1.29 is 0 Å². The van der Waals surface area contributed by atoms with Crippen molar-refractivity contribution in [1.82, 2.24) is 4.98 Å². The maximum Gasteiger partial charge on any atom is 0.198 e. The van der Waals surface area contributed by atoms with Crippen LogP contribution in [0.5, 0.6) is 0 Å². The normalized spacial score (nSPS) is 13.7. The molecule has 1 aliphatic carbocycles. The third-order valence-electron chi connectivity index (χ3n) is 12.6. The summed E-state index contributed by atoms with van der Waals surface area (Å²) >= 11 is 1.89. The molecule has 2 aromatic heterocycles. The maximum absolute atomic E-state index is 4.03. The highest BCUT2D eigenvalue weighted by atomic mass is 32.1. The molecule has 0 unspecified atom stereocenters. The van der Waals surface area contributed by atoms with E-state index in [0.29, 0.717) is 0 Å². The number of nitrogens with one attached hydrogen (secondary N) is 1. The molecule has 12 rings (SSSR count). The first-order chi connectivity index (χ1) is 28.0. The Kier molecular flexibility index (Phi) is 6.97. The van der Waals surface area contributed by atoms with Crippen molar-refractivity contribution in [2.45, 2.75) is 19.3 Å². The zero-order valence-electron chi connectivity index (χ0n) is 31.8. The van der Waals surface area contributed by atoms with Crippen molar-refractivity contribution in [2.75, 3.05) is 4.90 Å². The first-order valence-corrected chi connectivity index (χ1v) is 20.7. The van der Waals surface area contributed by atoms with Crippen molar-refractivity contribution >= 4 is 77.8 Å². The van der Waals surface area contributed by atoms with Crippen LogP contribution in [0.3, 0.4) is 0 Å². The molecule has 57 heavy (non-hydrogen) atoms. The van der Waals surface area contributed by atoms with Gasteiger partial charge in [0.1, 0.15) is 0 Å². The summed E-state index contributed by atoms with van der Waals surface area (Å²) < 4.78 is 2.65. The molecule has 8 aromatic carbocycles. The van der Waals surface area contributed by atoms with E-state index in [9.17, 15) is 0 Å². The summed E-state index contributed by atoms with van der Waals surface area (Å²) in [5.74, 6) is 0. The molecule has 10 aromatic rings. The van der Waals surface area contributed by atoms with Crippen molar-refractivity contribution in [3.63, 3.8) is 0 Å². The quantitative estimate of drug-likeness (QED) is 0.178. The summed E-state index contributed by atoms with van der Waals surface area (Å²) in [6, 6.07) is 65.1. The number of hydrogen-bond acceptors (Lipinski definition) is 2. The van der Waals surface area contributed by atoms with Crippen LogP contribution in [0.4, 0.5) is 17.1 Å². The summed E-state index contributed by atoms with van der Waals surface area (Å²) in [6.45, 7) is 4.86. The van der Waals surface area contributed by atoms with Gasteiger partial charge in [-0.3, -0.25) is 0 Å². The van der Waals surface area contributed by atoms with Gasteiger partial charge < -0.3 is 9.88 Å². The molecule has 0 radical (unpaired) electrons. The average molecular weight is 745 g/mol. The molecule has 0 fully saturated rings. The lowest BCUT2D eigenvalue weighted by Crippen LogP contribution is -2.42. The van der Waals surface area contributed by atoms with Crippen LogP contribution in [0.1, 0.15) is 25.0 Å². The third kappa shape index (κ3) is 4.78. The van der Waals surface area contributed by atoms with Crippen LogP contribution in [0, 0.1) is 0 Å². The van der Waals surface area contributed by atoms with Crippen LogP contribution in [0.25, 0.3) is 75.7 Å². The topological polar surface area (TPSA) is 19.0 Å². The fourth-order valence-electron chi connectivity index (χ4n) is 10.0. The molecule has 1 aliphatic heterocycles. The van der Waals surface area contributed by atoms with Gasteiger partial charge in [0.25, 0.3) is 0 Å². The molecule has 0 spiro atoms. The minimum atomic E-state index is -0.205. The zero-order chi connectivity index (χ0) is 37.8. The standard InChI is InChI=1S/C53H37BN2S/c1-53(2)42-22-11-9-18-37(42)41-31-45-49(47(48(41)53)39-20-13-21-40-50(39)55-51-38-19-10-12-23-46(38)57-52(40)51)54-43-30-35(33-16-7-4-8-17-33)26-29-44(43)56(45)36-27-24-34(25-28-36)32-14-5-3-6-15-32/h3-31,54-55H,1-2H3. The summed E-state index contributed by atoms with van der Waals surface area (Å²) in [5.41, 5.74) is 21.6. The molecule has 1 N–H and O–H groups in total. The smallest absolute Gasteiger partial charge is 0.198 e. The van der Waals surface area contributed by atoms with Crippen LogP contribution in [0.2, 0.25) is 0 Å². The van der Waals surface area contributed by atoms with E-state index >= 15 is 0 Å². The number of thiophene rings is 1. The van der Waals surface area contributed by atoms with Gasteiger partial charge in [0.2, 0.25) is 0 Å². The van der Waals surface area contributed by atoms with Gasteiger partial charge in [-0.2, -0.15) is 0 Å². The average Bonchev–Trinajstić information content (AvgIpc) is 3.89. The number of fused-ring (bicyclic) bond motifs is 10. The Morgan fingerprint density at radius 1 is 0.526 bits per heavy atom. The Hall–Kier alpha value is -6.62. The molecule has 0 bridgehead atoms. The Morgan fingerprint density at radius 3 is 1.98 bits per heavy atom. The number of aromatic amines is 1. The minimum Gasteiger partial charge on any atom is -0.353 e. The fraction of sp³-hybridized carbons (Fsp3) is 0.0566. The molecule has 4 heteroatoms. The molecule has 0 amide bonds. The zero-order valence-corrected chi connectivity index (χ0v) is 32.6. The Balaban J connectivity index is 1.17. The molecule has 0 saturated heterocycles. The molecule has 268 valence electrons. The summed E-state index contributed by atoms with van der Waals surface area (Å²) in [5, 5.41) is 2.58. The summed E-state index contributed by atoms with van der Waals surface area (Å²) in [4.78, 5) is 6.56. The summed E-state index contributed by atoms with van der Waals surface area (Å²) in [7, 11) is 0.827. The molecule has 2 aliphatic rings. The summed E-state index contributed by atoms with van der Waals surface area (Å²) in [6.07, 6.45) is 0. The third-order valence-corrected chi connectivity index (χ3v) is 13.8. The first kappa shape index (κ1) is 32.6. The SMILES string of the molecule is CC1(C)c2ccccc2-c2cc3c(c(-c4cccc5c4[nH]c4c6ccccc6sc54)c21)Bc1cc(-c2ccccc2)ccc1N3c1ccc(-c2ccccc2)cc1. The lowest BCUT2D eigenvalue weighted by molar-refractivity contribution is 0.662. The maximum atomic E-state index is 4.03. The minimum absolute atomic E-state index is 0.205. The van der Waals surface area contributed by atoms with Gasteiger partial charge in [-0.05, 0) is 85.9 Å². The van der Waals surface area contributed by atoms with E-state index in [1.165, 1.54) is 109 Å². The number of H-pyrrole nitrogens is 1. The van der Waals surface area contributed by atoms with Gasteiger partial charge >= 0.3 is 0 Å². The Labute approximate surface area is 336 Å². The van der Waals surface area contributed by atoms with Crippen molar-refractivity contribution in [1.29, 1.82) is 0 Å². The Morgan fingerprint density at radius 2 is 1.18 bits per heavy atom.